The standard InChI is InChI=1S/C11H13NO3/c1-7(11(13)14)2-8-3-12-4-9-5-15-6-10(8)9/h3-4,7H,2,5-6H2,1H3,(H,13,14). The lowest BCUT2D eigenvalue weighted by Gasteiger charge is -2.09. The van der Waals surface area contributed by atoms with Gasteiger partial charge in [0.2, 0.25) is 0 Å². The van der Waals surface area contributed by atoms with Crippen LogP contribution in [0.4, 0.5) is 0 Å². The van der Waals surface area contributed by atoms with Crippen LogP contribution in [0.5, 0.6) is 0 Å². The molecular weight excluding hydrogens is 194 g/mol. The minimum Gasteiger partial charge on any atom is -0.481 e. The average molecular weight is 207 g/mol. The highest BCUT2D eigenvalue weighted by Crippen LogP contribution is 2.24. The molecule has 1 aliphatic rings. The molecule has 0 saturated carbocycles. The van der Waals surface area contributed by atoms with Gasteiger partial charge in [0.25, 0.3) is 0 Å². The van der Waals surface area contributed by atoms with Crippen molar-refractivity contribution >= 4 is 5.97 Å². The molecule has 0 saturated heterocycles. The summed E-state index contributed by atoms with van der Waals surface area (Å²) in [4.78, 5) is 14.8. The number of rotatable bonds is 3. The van der Waals surface area contributed by atoms with E-state index in [1.54, 1.807) is 19.3 Å². The Balaban J connectivity index is 2.22. The van der Waals surface area contributed by atoms with Crippen LogP contribution >= 0.6 is 0 Å². The van der Waals surface area contributed by atoms with E-state index >= 15 is 0 Å². The molecule has 2 rings (SSSR count). The zero-order chi connectivity index (χ0) is 10.8. The minimum absolute atomic E-state index is 0.376. The maximum Gasteiger partial charge on any atom is 0.306 e. The van der Waals surface area contributed by atoms with E-state index in [9.17, 15) is 4.79 Å². The Morgan fingerprint density at radius 1 is 1.60 bits per heavy atom. The molecule has 1 N–H and O–H groups in total. The van der Waals surface area contributed by atoms with Crippen LogP contribution in [0.3, 0.4) is 0 Å². The molecule has 0 amide bonds. The van der Waals surface area contributed by atoms with Crippen LogP contribution < -0.4 is 0 Å². The van der Waals surface area contributed by atoms with Gasteiger partial charge in [-0.05, 0) is 17.5 Å². The highest BCUT2D eigenvalue weighted by molar-refractivity contribution is 5.70. The molecule has 0 aromatic carbocycles. The van der Waals surface area contributed by atoms with E-state index in [1.165, 1.54) is 0 Å². The van der Waals surface area contributed by atoms with Gasteiger partial charge in [-0.15, -0.1) is 0 Å². The van der Waals surface area contributed by atoms with E-state index in [-0.39, 0.29) is 5.92 Å². The second-order valence-electron chi connectivity index (χ2n) is 3.87. The second kappa shape index (κ2) is 3.98. The summed E-state index contributed by atoms with van der Waals surface area (Å²) in [5, 5.41) is 8.84. The van der Waals surface area contributed by atoms with E-state index in [0.29, 0.717) is 19.6 Å². The Morgan fingerprint density at radius 3 is 3.13 bits per heavy atom. The van der Waals surface area contributed by atoms with Crippen LogP contribution in [0.15, 0.2) is 12.4 Å². The fourth-order valence-corrected chi connectivity index (χ4v) is 1.75. The molecule has 1 unspecified atom stereocenters. The molecule has 0 fully saturated rings. The average Bonchev–Trinajstić information content (AvgIpc) is 2.66. The Kier molecular flexibility index (Phi) is 2.68. The quantitative estimate of drug-likeness (QED) is 0.813. The number of carbonyl (C=O) groups is 1. The maximum atomic E-state index is 10.8. The number of hydrogen-bond acceptors (Lipinski definition) is 3. The smallest absolute Gasteiger partial charge is 0.306 e. The van der Waals surface area contributed by atoms with Crippen molar-refractivity contribution in [1.82, 2.24) is 4.98 Å². The van der Waals surface area contributed by atoms with E-state index in [4.69, 9.17) is 9.84 Å². The first-order valence-corrected chi connectivity index (χ1v) is 4.93. The summed E-state index contributed by atoms with van der Waals surface area (Å²) in [6, 6.07) is 0. The zero-order valence-corrected chi connectivity index (χ0v) is 8.56. The van der Waals surface area contributed by atoms with Gasteiger partial charge in [-0.2, -0.15) is 0 Å². The molecule has 80 valence electrons. The number of carboxylic acid groups (broad SMARTS) is 1. The molecular formula is C11H13NO3. The largest absolute Gasteiger partial charge is 0.481 e. The van der Waals surface area contributed by atoms with Crippen molar-refractivity contribution < 1.29 is 14.6 Å². The number of nitrogens with zero attached hydrogens (tertiary/aromatic N) is 1. The Hall–Kier alpha value is -1.42. The van der Waals surface area contributed by atoms with Crippen molar-refractivity contribution in [3.05, 3.63) is 29.1 Å². The first-order chi connectivity index (χ1) is 7.18. The van der Waals surface area contributed by atoms with E-state index < -0.39 is 5.97 Å². The number of hydrogen-bond donors (Lipinski definition) is 1. The van der Waals surface area contributed by atoms with Gasteiger partial charge in [0, 0.05) is 18.0 Å². The Labute approximate surface area is 87.9 Å². The summed E-state index contributed by atoms with van der Waals surface area (Å²) < 4.78 is 5.31. The van der Waals surface area contributed by atoms with Gasteiger partial charge in [-0.1, -0.05) is 6.92 Å². The van der Waals surface area contributed by atoms with Crippen LogP contribution in [0, 0.1) is 5.92 Å². The van der Waals surface area contributed by atoms with E-state index in [1.807, 2.05) is 0 Å². The van der Waals surface area contributed by atoms with Crippen LogP contribution in [-0.2, 0) is 29.2 Å². The summed E-state index contributed by atoms with van der Waals surface area (Å²) in [6.45, 7) is 2.88. The maximum absolute atomic E-state index is 10.8. The normalized spacial score (nSPS) is 16.1. The highest BCUT2D eigenvalue weighted by Gasteiger charge is 2.19. The molecule has 2 heterocycles. The third-order valence-electron chi connectivity index (χ3n) is 2.69. The molecule has 0 aliphatic carbocycles. The summed E-state index contributed by atoms with van der Waals surface area (Å²) in [7, 11) is 0. The number of ether oxygens (including phenoxy) is 1. The van der Waals surface area contributed by atoms with Gasteiger partial charge in [0.05, 0.1) is 19.1 Å². The topological polar surface area (TPSA) is 59.4 Å². The van der Waals surface area contributed by atoms with Gasteiger partial charge < -0.3 is 9.84 Å². The predicted molar refractivity (Wildman–Crippen MR) is 53.2 cm³/mol. The van der Waals surface area contributed by atoms with Crippen LogP contribution in [0.25, 0.3) is 0 Å². The Bertz CT molecular complexity index is 389. The fourth-order valence-electron chi connectivity index (χ4n) is 1.75. The fraction of sp³-hybridized carbons (Fsp3) is 0.455. The number of aliphatic carboxylic acids is 1. The van der Waals surface area contributed by atoms with Crippen molar-refractivity contribution in [3.8, 4) is 0 Å². The summed E-state index contributed by atoms with van der Waals surface area (Å²) in [5.74, 6) is -1.15. The van der Waals surface area contributed by atoms with Crippen LogP contribution in [-0.4, -0.2) is 16.1 Å². The van der Waals surface area contributed by atoms with E-state index in [0.717, 1.165) is 16.7 Å². The van der Waals surface area contributed by atoms with Gasteiger partial charge in [0.15, 0.2) is 0 Å². The summed E-state index contributed by atoms with van der Waals surface area (Å²) in [6.07, 6.45) is 4.05. The zero-order valence-electron chi connectivity index (χ0n) is 8.56. The summed E-state index contributed by atoms with van der Waals surface area (Å²) >= 11 is 0. The number of aromatic nitrogens is 1. The number of carboxylic acids is 1. The molecule has 1 aromatic heterocycles. The lowest BCUT2D eigenvalue weighted by atomic mass is 9.97. The highest BCUT2D eigenvalue weighted by atomic mass is 16.5. The van der Waals surface area contributed by atoms with Gasteiger partial charge in [0.1, 0.15) is 0 Å². The predicted octanol–water partition coefficient (Wildman–Crippen LogP) is 1.38. The van der Waals surface area contributed by atoms with Gasteiger partial charge in [-0.25, -0.2) is 0 Å². The van der Waals surface area contributed by atoms with Gasteiger partial charge >= 0.3 is 5.97 Å². The molecule has 1 atom stereocenters. The molecule has 4 nitrogen and oxygen atoms in total. The second-order valence-corrected chi connectivity index (χ2v) is 3.87. The van der Waals surface area contributed by atoms with Crippen molar-refractivity contribution in [2.24, 2.45) is 5.92 Å². The number of pyridine rings is 1. The third-order valence-corrected chi connectivity index (χ3v) is 2.69. The summed E-state index contributed by atoms with van der Waals surface area (Å²) in [5.41, 5.74) is 3.21. The van der Waals surface area contributed by atoms with Gasteiger partial charge in [-0.3, -0.25) is 9.78 Å². The molecule has 0 bridgehead atoms. The van der Waals surface area contributed by atoms with E-state index in [2.05, 4.69) is 4.98 Å². The lowest BCUT2D eigenvalue weighted by Crippen LogP contribution is -2.13. The molecule has 15 heavy (non-hydrogen) atoms. The molecule has 1 aliphatic heterocycles. The SMILES string of the molecule is CC(Cc1cncc2c1COC2)C(=O)O. The number of fused-ring (bicyclic) bond motifs is 1. The monoisotopic (exact) mass is 207 g/mol. The lowest BCUT2D eigenvalue weighted by molar-refractivity contribution is -0.141. The molecule has 4 heteroatoms. The minimum atomic E-state index is -0.772. The molecule has 0 spiro atoms. The third kappa shape index (κ3) is 1.99. The van der Waals surface area contributed by atoms with Crippen molar-refractivity contribution in [1.29, 1.82) is 0 Å². The first-order valence-electron chi connectivity index (χ1n) is 4.93. The Morgan fingerprint density at radius 2 is 2.40 bits per heavy atom. The van der Waals surface area contributed by atoms with Crippen molar-refractivity contribution in [3.63, 3.8) is 0 Å². The van der Waals surface area contributed by atoms with Crippen LogP contribution in [0.1, 0.15) is 23.6 Å². The van der Waals surface area contributed by atoms with Crippen molar-refractivity contribution in [2.45, 2.75) is 26.6 Å². The molecule has 1 aromatic rings. The van der Waals surface area contributed by atoms with Crippen LogP contribution in [0.2, 0.25) is 0 Å². The molecule has 0 radical (unpaired) electrons. The van der Waals surface area contributed by atoms with Crippen molar-refractivity contribution in [2.75, 3.05) is 0 Å². The first kappa shape index (κ1) is 10.1.